The molecule has 0 aliphatic heterocycles. The number of thiazole rings is 1. The summed E-state index contributed by atoms with van der Waals surface area (Å²) in [6.07, 6.45) is 8.80. The maximum Gasteiger partial charge on any atom is 0.293 e. The van der Waals surface area contributed by atoms with Gasteiger partial charge in [-0.3, -0.25) is 9.59 Å². The zero-order chi connectivity index (χ0) is 26.6. The number of hydrogen-bond donors (Lipinski definition) is 2. The molecule has 190 valence electrons. The molecular weight excluding hydrogens is 526 g/mol. The lowest BCUT2D eigenvalue weighted by molar-refractivity contribution is 0.0520. The number of anilines is 1. The number of aromatic nitrogens is 6. The van der Waals surface area contributed by atoms with Gasteiger partial charge in [0.1, 0.15) is 27.7 Å². The van der Waals surface area contributed by atoms with Crippen LogP contribution in [0.1, 0.15) is 50.6 Å². The first-order valence-corrected chi connectivity index (χ1v) is 11.9. The monoisotopic (exact) mass is 544 g/mol. The van der Waals surface area contributed by atoms with E-state index >= 15 is 0 Å². The van der Waals surface area contributed by atoms with Gasteiger partial charge >= 0.3 is 0 Å². The molecule has 0 saturated heterocycles. The third-order valence-electron chi connectivity index (χ3n) is 4.92. The molecule has 0 bridgehead atoms. The van der Waals surface area contributed by atoms with Crippen LogP contribution in [0.3, 0.4) is 0 Å². The van der Waals surface area contributed by atoms with Crippen LogP contribution in [-0.4, -0.2) is 41.5 Å². The second kappa shape index (κ2) is 10.9. The van der Waals surface area contributed by atoms with E-state index in [1.807, 2.05) is 0 Å². The average molecular weight is 545 g/mol. The van der Waals surface area contributed by atoms with Crippen molar-refractivity contribution in [2.24, 2.45) is 0 Å². The van der Waals surface area contributed by atoms with Crippen LogP contribution >= 0.6 is 22.9 Å². The van der Waals surface area contributed by atoms with Crippen LogP contribution in [0.2, 0.25) is 5.02 Å². The fourth-order valence-corrected chi connectivity index (χ4v) is 4.21. The van der Waals surface area contributed by atoms with Crippen molar-refractivity contribution in [1.29, 1.82) is 0 Å². The Hall–Kier alpha value is -4.10. The largest absolute Gasteiger partial charge is 0.342 e. The first kappa shape index (κ1) is 26.0. The Morgan fingerprint density at radius 1 is 1.16 bits per heavy atom. The molecule has 1 atom stereocenters. The lowest BCUT2D eigenvalue weighted by atomic mass is 10.1. The van der Waals surface area contributed by atoms with Gasteiger partial charge in [0.15, 0.2) is 5.82 Å². The Bertz CT molecular complexity index is 1460. The van der Waals surface area contributed by atoms with Crippen molar-refractivity contribution >= 4 is 40.6 Å². The minimum absolute atomic E-state index is 0.0957. The highest BCUT2D eigenvalue weighted by Gasteiger charge is 2.31. The van der Waals surface area contributed by atoms with E-state index in [1.54, 1.807) is 25.4 Å². The van der Waals surface area contributed by atoms with Gasteiger partial charge in [-0.2, -0.15) is 13.9 Å². The summed E-state index contributed by atoms with van der Waals surface area (Å²) < 4.78 is 30.1. The Balaban J connectivity index is 1.43. The minimum Gasteiger partial charge on any atom is -0.342 e. The Kier molecular flexibility index (Phi) is 7.64. The number of nitrogens with zero attached hydrogens (tertiary/aromatic N) is 6. The molecule has 0 radical (unpaired) electrons. The molecule has 0 saturated carbocycles. The number of halogens is 3. The number of rotatable bonds is 8. The van der Waals surface area contributed by atoms with E-state index in [0.717, 1.165) is 23.6 Å². The third kappa shape index (κ3) is 6.01. The first-order valence-electron chi connectivity index (χ1n) is 10.8. The molecule has 0 aliphatic rings. The summed E-state index contributed by atoms with van der Waals surface area (Å²) in [5.74, 6) is -4.07. The summed E-state index contributed by atoms with van der Waals surface area (Å²) in [5, 5.41) is 9.53. The molecule has 4 rings (SSSR count). The highest BCUT2D eigenvalue weighted by molar-refractivity contribution is 7.13. The van der Waals surface area contributed by atoms with Crippen LogP contribution in [0.25, 0.3) is 5.82 Å². The van der Waals surface area contributed by atoms with Crippen molar-refractivity contribution < 1.29 is 18.4 Å². The highest BCUT2D eigenvalue weighted by Crippen LogP contribution is 2.35. The molecular formula is C23H19ClF2N8O2S. The minimum atomic E-state index is -3.33. The van der Waals surface area contributed by atoms with Gasteiger partial charge in [-0.05, 0) is 32.1 Å². The number of amides is 2. The Morgan fingerprint density at radius 3 is 2.70 bits per heavy atom. The summed E-state index contributed by atoms with van der Waals surface area (Å²) >= 11 is 6.91. The van der Waals surface area contributed by atoms with Crippen molar-refractivity contribution in [3.63, 3.8) is 0 Å². The van der Waals surface area contributed by atoms with Gasteiger partial charge in [0, 0.05) is 30.2 Å². The summed E-state index contributed by atoms with van der Waals surface area (Å²) in [5.41, 5.74) is -0.361. The van der Waals surface area contributed by atoms with Crippen molar-refractivity contribution in [3.8, 4) is 5.82 Å². The van der Waals surface area contributed by atoms with Gasteiger partial charge in [0.25, 0.3) is 17.7 Å². The van der Waals surface area contributed by atoms with E-state index < -0.39 is 29.3 Å². The number of hydrogen-bond acceptors (Lipinski definition) is 8. The second-order valence-electron chi connectivity index (χ2n) is 7.60. The van der Waals surface area contributed by atoms with E-state index in [1.165, 1.54) is 36.3 Å². The van der Waals surface area contributed by atoms with Crippen molar-refractivity contribution in [1.82, 2.24) is 35.0 Å². The number of pyridine rings is 1. The summed E-state index contributed by atoms with van der Waals surface area (Å²) in [7, 11) is 0. The lowest BCUT2D eigenvalue weighted by Crippen LogP contribution is -2.27. The third-order valence-corrected chi connectivity index (χ3v) is 6.40. The average Bonchev–Trinajstić information content (AvgIpc) is 3.58. The lowest BCUT2D eigenvalue weighted by Gasteiger charge is -2.15. The zero-order valence-electron chi connectivity index (χ0n) is 19.4. The number of allylic oxidation sites excluding steroid dienone is 2. The predicted octanol–water partition coefficient (Wildman–Crippen LogP) is 4.58. The summed E-state index contributed by atoms with van der Waals surface area (Å²) in [4.78, 5) is 41.8. The Morgan fingerprint density at radius 2 is 1.97 bits per heavy atom. The van der Waals surface area contributed by atoms with Crippen LogP contribution in [0, 0.1) is 0 Å². The molecule has 0 aliphatic carbocycles. The van der Waals surface area contributed by atoms with Gasteiger partial charge in [0.2, 0.25) is 0 Å². The normalized spacial score (nSPS) is 12.5. The molecule has 14 heteroatoms. The van der Waals surface area contributed by atoms with Crippen LogP contribution < -0.4 is 10.6 Å². The van der Waals surface area contributed by atoms with Crippen molar-refractivity contribution in [3.05, 3.63) is 87.6 Å². The molecule has 4 aromatic rings. The van der Waals surface area contributed by atoms with Crippen LogP contribution in [0.15, 0.2) is 61.5 Å². The Labute approximate surface area is 218 Å². The summed E-state index contributed by atoms with van der Waals surface area (Å²) in [6.45, 7) is 3.16. The van der Waals surface area contributed by atoms with Crippen LogP contribution in [0.4, 0.5) is 14.6 Å². The SMILES string of the molecule is C/C=C/C(F)(F)c1cc(NC(=O)c2cnc(C(C)NC(=O)c3cc(-n4cccn4)ncn3)s2)ncc1Cl. The van der Waals surface area contributed by atoms with E-state index in [0.29, 0.717) is 16.9 Å². The van der Waals surface area contributed by atoms with E-state index in [4.69, 9.17) is 11.6 Å². The molecule has 0 fully saturated rings. The molecule has 4 aromatic heterocycles. The summed E-state index contributed by atoms with van der Waals surface area (Å²) in [6, 6.07) is 3.68. The molecule has 0 spiro atoms. The maximum absolute atomic E-state index is 14.3. The van der Waals surface area contributed by atoms with Gasteiger partial charge in [-0.1, -0.05) is 17.7 Å². The van der Waals surface area contributed by atoms with Gasteiger partial charge < -0.3 is 10.6 Å². The molecule has 0 aromatic carbocycles. The smallest absolute Gasteiger partial charge is 0.293 e. The van der Waals surface area contributed by atoms with Gasteiger partial charge in [0.05, 0.1) is 17.3 Å². The number of alkyl halides is 2. The zero-order valence-corrected chi connectivity index (χ0v) is 21.0. The highest BCUT2D eigenvalue weighted by atomic mass is 35.5. The number of carbonyl (C=O) groups excluding carboxylic acids is 2. The van der Waals surface area contributed by atoms with E-state index in [-0.39, 0.29) is 21.4 Å². The van der Waals surface area contributed by atoms with Crippen molar-refractivity contribution in [2.75, 3.05) is 5.32 Å². The standard InChI is InChI=1S/C23H19ClF2N8O2S/c1-3-5-23(25,26)14-8-18(27-10-15(14)24)33-21(36)17-11-28-22(37-17)13(2)32-20(35)16-9-19(30-12-29-16)34-7-4-6-31-34/h3-13H,1-2H3,(H,32,35)(H,27,33,36)/b5-3+. The molecule has 10 nitrogen and oxygen atoms in total. The molecule has 4 heterocycles. The number of nitrogens with one attached hydrogen (secondary N) is 2. The van der Waals surface area contributed by atoms with E-state index in [9.17, 15) is 18.4 Å². The number of carbonyl (C=O) groups is 2. The second-order valence-corrected chi connectivity index (χ2v) is 9.07. The predicted molar refractivity (Wildman–Crippen MR) is 133 cm³/mol. The molecule has 2 N–H and O–H groups in total. The van der Waals surface area contributed by atoms with Gasteiger partial charge in [-0.25, -0.2) is 24.6 Å². The molecule has 37 heavy (non-hydrogen) atoms. The fourth-order valence-electron chi connectivity index (χ4n) is 3.17. The maximum atomic E-state index is 14.3. The molecule has 2 amide bonds. The first-order chi connectivity index (χ1) is 17.7. The van der Waals surface area contributed by atoms with E-state index in [2.05, 4.69) is 35.7 Å². The molecule has 1 unspecified atom stereocenters. The quantitative estimate of drug-likeness (QED) is 0.311. The van der Waals surface area contributed by atoms with Gasteiger partial charge in [-0.15, -0.1) is 11.3 Å². The van der Waals surface area contributed by atoms with Crippen molar-refractivity contribution in [2.45, 2.75) is 25.8 Å². The van der Waals surface area contributed by atoms with Crippen LogP contribution in [0.5, 0.6) is 0 Å². The van der Waals surface area contributed by atoms with Crippen LogP contribution in [-0.2, 0) is 5.92 Å². The fraction of sp³-hybridized carbons (Fsp3) is 0.174. The topological polar surface area (TPSA) is 128 Å².